The lowest BCUT2D eigenvalue weighted by molar-refractivity contribution is -0.136. The van der Waals surface area contributed by atoms with E-state index in [-0.39, 0.29) is 11.7 Å². The van der Waals surface area contributed by atoms with Crippen molar-refractivity contribution in [1.82, 2.24) is 0 Å². The maximum atomic E-state index is 10.2. The average molecular weight is 252 g/mol. The minimum absolute atomic E-state index is 0.0399. The molecule has 0 atom stereocenters. The molecule has 0 bridgehead atoms. The van der Waals surface area contributed by atoms with Crippen LogP contribution in [0.1, 0.15) is 17.3 Å². The van der Waals surface area contributed by atoms with E-state index in [0.717, 1.165) is 0 Å². The molecule has 0 unspecified atom stereocenters. The average Bonchev–Trinajstić information content (AvgIpc) is 2.39. The van der Waals surface area contributed by atoms with Crippen molar-refractivity contribution in [3.8, 4) is 11.5 Å². The first-order valence-electron chi connectivity index (χ1n) is 5.02. The number of rotatable bonds is 3. The highest BCUT2D eigenvalue weighted by Gasteiger charge is 2.00. The van der Waals surface area contributed by atoms with Crippen LogP contribution in [0.5, 0.6) is 11.5 Å². The van der Waals surface area contributed by atoms with Gasteiger partial charge in [0.15, 0.2) is 11.5 Å². The first kappa shape index (κ1) is 15.7. The molecule has 1 aromatic rings. The molecule has 0 saturated carbocycles. The second-order valence-electron chi connectivity index (χ2n) is 3.32. The number of ether oxygens (including phenoxy) is 2. The summed E-state index contributed by atoms with van der Waals surface area (Å²) in [6.07, 6.45) is 0.696. The van der Waals surface area contributed by atoms with Crippen LogP contribution in [-0.2, 0) is 9.53 Å². The van der Waals surface area contributed by atoms with Gasteiger partial charge in [0.1, 0.15) is 6.29 Å². The SMILES string of the molecule is C=C(C)C(=O)OC.COc1cc(C=O)ccc1O. The predicted molar refractivity (Wildman–Crippen MR) is 66.9 cm³/mol. The molecule has 0 saturated heterocycles. The third-order valence-electron chi connectivity index (χ3n) is 1.87. The molecule has 0 aromatic heterocycles. The number of carbonyl (C=O) groups excluding carboxylic acids is 2. The standard InChI is InChI=1S/C8H8O3.C5H8O2/c1-11-8-4-6(5-9)2-3-7(8)10;1-4(2)5(6)7-3/h2-5,10H,1H3;1H2,2-3H3. The van der Waals surface area contributed by atoms with Crippen molar-refractivity contribution in [1.29, 1.82) is 0 Å². The molecular weight excluding hydrogens is 236 g/mol. The van der Waals surface area contributed by atoms with Gasteiger partial charge in [-0.1, -0.05) is 6.58 Å². The van der Waals surface area contributed by atoms with E-state index in [1.54, 1.807) is 6.92 Å². The number of phenolic OH excluding ortho intramolecular Hbond substituents is 1. The number of methoxy groups -OCH3 is 2. The van der Waals surface area contributed by atoms with Crippen molar-refractivity contribution in [3.05, 3.63) is 35.9 Å². The summed E-state index contributed by atoms with van der Waals surface area (Å²) in [4.78, 5) is 20.4. The summed E-state index contributed by atoms with van der Waals surface area (Å²) in [5.74, 6) is 0.00713. The predicted octanol–water partition coefficient (Wildman–Crippen LogP) is 1.95. The fourth-order valence-electron chi connectivity index (χ4n) is 0.942. The molecule has 18 heavy (non-hydrogen) atoms. The molecule has 1 rings (SSSR count). The number of phenols is 1. The zero-order valence-corrected chi connectivity index (χ0v) is 10.6. The summed E-state index contributed by atoms with van der Waals surface area (Å²) < 4.78 is 9.05. The van der Waals surface area contributed by atoms with E-state index in [4.69, 9.17) is 9.84 Å². The van der Waals surface area contributed by atoms with Crippen LogP contribution < -0.4 is 4.74 Å². The number of carbonyl (C=O) groups is 2. The fraction of sp³-hybridized carbons (Fsp3) is 0.231. The van der Waals surface area contributed by atoms with E-state index in [2.05, 4.69) is 11.3 Å². The highest BCUT2D eigenvalue weighted by Crippen LogP contribution is 2.25. The lowest BCUT2D eigenvalue weighted by Gasteiger charge is -2.01. The summed E-state index contributed by atoms with van der Waals surface area (Å²) in [5, 5.41) is 9.09. The molecule has 1 aromatic carbocycles. The summed E-state index contributed by atoms with van der Waals surface area (Å²) in [5.41, 5.74) is 0.919. The monoisotopic (exact) mass is 252 g/mol. The van der Waals surface area contributed by atoms with Gasteiger partial charge in [0.25, 0.3) is 0 Å². The molecule has 0 aliphatic heterocycles. The largest absolute Gasteiger partial charge is 0.504 e. The number of hydrogen-bond acceptors (Lipinski definition) is 5. The Morgan fingerprint density at radius 1 is 1.39 bits per heavy atom. The van der Waals surface area contributed by atoms with E-state index in [1.807, 2.05) is 0 Å². The second-order valence-corrected chi connectivity index (χ2v) is 3.32. The van der Waals surface area contributed by atoms with Crippen molar-refractivity contribution < 1.29 is 24.2 Å². The van der Waals surface area contributed by atoms with Gasteiger partial charge in [-0.15, -0.1) is 0 Å². The Labute approximate surface area is 106 Å². The Kier molecular flexibility index (Phi) is 6.88. The van der Waals surface area contributed by atoms with Crippen LogP contribution in [0.15, 0.2) is 30.4 Å². The number of aromatic hydroxyl groups is 1. The van der Waals surface area contributed by atoms with Crippen LogP contribution in [0.3, 0.4) is 0 Å². The lowest BCUT2D eigenvalue weighted by atomic mass is 10.2. The van der Waals surface area contributed by atoms with Crippen molar-refractivity contribution in [3.63, 3.8) is 0 Å². The second kappa shape index (κ2) is 7.89. The number of esters is 1. The smallest absolute Gasteiger partial charge is 0.332 e. The van der Waals surface area contributed by atoms with Crippen LogP contribution in [0.2, 0.25) is 0 Å². The quantitative estimate of drug-likeness (QED) is 0.505. The molecule has 0 amide bonds. The van der Waals surface area contributed by atoms with Crippen LogP contribution in [0.25, 0.3) is 0 Å². The van der Waals surface area contributed by atoms with Crippen molar-refractivity contribution in [2.45, 2.75) is 6.92 Å². The zero-order valence-electron chi connectivity index (χ0n) is 10.6. The Morgan fingerprint density at radius 2 is 2.00 bits per heavy atom. The number of hydrogen-bond donors (Lipinski definition) is 1. The highest BCUT2D eigenvalue weighted by molar-refractivity contribution is 5.86. The van der Waals surface area contributed by atoms with Crippen molar-refractivity contribution in [2.75, 3.05) is 14.2 Å². The fourth-order valence-corrected chi connectivity index (χ4v) is 0.942. The molecular formula is C13H16O5. The van der Waals surface area contributed by atoms with E-state index >= 15 is 0 Å². The number of aldehydes is 1. The van der Waals surface area contributed by atoms with Gasteiger partial charge in [-0.3, -0.25) is 4.79 Å². The van der Waals surface area contributed by atoms with Crippen LogP contribution in [0, 0.1) is 0 Å². The molecule has 0 aliphatic rings. The third-order valence-corrected chi connectivity index (χ3v) is 1.87. The molecule has 98 valence electrons. The summed E-state index contributed by atoms with van der Waals surface area (Å²) in [7, 11) is 2.76. The Morgan fingerprint density at radius 3 is 2.33 bits per heavy atom. The van der Waals surface area contributed by atoms with E-state index in [0.29, 0.717) is 23.2 Å². The summed E-state index contributed by atoms with van der Waals surface area (Å²) >= 11 is 0. The topological polar surface area (TPSA) is 72.8 Å². The van der Waals surface area contributed by atoms with Crippen LogP contribution >= 0.6 is 0 Å². The minimum Gasteiger partial charge on any atom is -0.504 e. The molecule has 0 fully saturated rings. The first-order chi connectivity index (χ1) is 8.46. The van der Waals surface area contributed by atoms with Gasteiger partial charge in [0.05, 0.1) is 14.2 Å². The summed E-state index contributed by atoms with van der Waals surface area (Å²) in [6.45, 7) is 4.95. The van der Waals surface area contributed by atoms with E-state index in [9.17, 15) is 9.59 Å². The van der Waals surface area contributed by atoms with Crippen molar-refractivity contribution in [2.24, 2.45) is 0 Å². The van der Waals surface area contributed by atoms with Gasteiger partial charge in [-0.05, 0) is 25.1 Å². The molecule has 5 heteroatoms. The molecule has 0 radical (unpaired) electrons. The molecule has 0 heterocycles. The molecule has 0 spiro atoms. The number of benzene rings is 1. The highest BCUT2D eigenvalue weighted by atomic mass is 16.5. The molecule has 5 nitrogen and oxygen atoms in total. The Hall–Kier alpha value is -2.30. The third kappa shape index (κ3) is 5.16. The lowest BCUT2D eigenvalue weighted by Crippen LogP contribution is -1.98. The summed E-state index contributed by atoms with van der Waals surface area (Å²) in [6, 6.07) is 4.41. The van der Waals surface area contributed by atoms with Gasteiger partial charge in [-0.25, -0.2) is 4.79 Å². The molecule has 0 aliphatic carbocycles. The Balaban J connectivity index is 0.000000360. The van der Waals surface area contributed by atoms with Crippen LogP contribution in [0.4, 0.5) is 0 Å². The van der Waals surface area contributed by atoms with Crippen LogP contribution in [-0.4, -0.2) is 31.6 Å². The van der Waals surface area contributed by atoms with Gasteiger partial charge in [0.2, 0.25) is 0 Å². The maximum Gasteiger partial charge on any atom is 0.332 e. The van der Waals surface area contributed by atoms with E-state index in [1.165, 1.54) is 32.4 Å². The van der Waals surface area contributed by atoms with Gasteiger partial charge < -0.3 is 14.6 Å². The zero-order chi connectivity index (χ0) is 14.1. The first-order valence-corrected chi connectivity index (χ1v) is 5.02. The van der Waals surface area contributed by atoms with Gasteiger partial charge >= 0.3 is 5.97 Å². The van der Waals surface area contributed by atoms with Gasteiger partial charge in [0, 0.05) is 11.1 Å². The van der Waals surface area contributed by atoms with Gasteiger partial charge in [-0.2, -0.15) is 0 Å². The maximum absolute atomic E-state index is 10.2. The molecule has 1 N–H and O–H groups in total. The normalized spacial score (nSPS) is 8.61. The van der Waals surface area contributed by atoms with E-state index < -0.39 is 0 Å². The minimum atomic E-state index is -0.347. The Bertz CT molecular complexity index is 437. The van der Waals surface area contributed by atoms with Crippen molar-refractivity contribution >= 4 is 12.3 Å².